The molecule has 1 aliphatic carbocycles. The monoisotopic (exact) mass is 398 g/mol. The van der Waals surface area contributed by atoms with Gasteiger partial charge in [0, 0.05) is 5.92 Å². The number of hydrogen-bond donors (Lipinski definition) is 1. The van der Waals surface area contributed by atoms with E-state index in [9.17, 15) is 9.90 Å². The molecule has 0 heterocycles. The summed E-state index contributed by atoms with van der Waals surface area (Å²) in [6.45, 7) is 9.40. The van der Waals surface area contributed by atoms with Gasteiger partial charge in [-0.15, -0.1) is 0 Å². The van der Waals surface area contributed by atoms with Gasteiger partial charge in [-0.3, -0.25) is 0 Å². The zero-order valence-corrected chi connectivity index (χ0v) is 18.3. The van der Waals surface area contributed by atoms with Crippen LogP contribution in [0.5, 0.6) is 0 Å². The van der Waals surface area contributed by atoms with Crippen molar-refractivity contribution in [3.63, 3.8) is 0 Å². The summed E-state index contributed by atoms with van der Waals surface area (Å²) < 4.78 is 0. The molecule has 0 fully saturated rings. The summed E-state index contributed by atoms with van der Waals surface area (Å²) in [5.74, 6) is -0.823. The van der Waals surface area contributed by atoms with Gasteiger partial charge >= 0.3 is 5.97 Å². The van der Waals surface area contributed by atoms with E-state index in [1.807, 2.05) is 18.2 Å². The lowest BCUT2D eigenvalue weighted by Crippen LogP contribution is -2.34. The average molecular weight is 399 g/mol. The Bertz CT molecular complexity index is 1060. The molecule has 3 aromatic carbocycles. The molecule has 0 bridgehead atoms. The highest BCUT2D eigenvalue weighted by Crippen LogP contribution is 2.47. The second-order valence-corrected chi connectivity index (χ2v) is 9.84. The van der Waals surface area contributed by atoms with Gasteiger partial charge in [-0.25, -0.2) is 4.79 Å². The van der Waals surface area contributed by atoms with Crippen molar-refractivity contribution >= 4 is 5.97 Å². The standard InChI is InChI=1S/C28H30O2/c1-27(2)16-17-28(3,4)24-18-22(14-15-23(24)27)25(19-8-6-5-7-9-19)20-10-12-21(13-11-20)26(29)30/h5-15,18,25H,16-17H2,1-4H3,(H,29,30). The molecule has 0 saturated carbocycles. The van der Waals surface area contributed by atoms with Crippen LogP contribution in [0, 0.1) is 0 Å². The summed E-state index contributed by atoms with van der Waals surface area (Å²) in [5, 5.41) is 9.29. The maximum Gasteiger partial charge on any atom is 0.335 e. The van der Waals surface area contributed by atoms with Crippen LogP contribution in [0.4, 0.5) is 0 Å². The number of carboxylic acids is 1. The number of carboxylic acid groups (broad SMARTS) is 1. The Morgan fingerprint density at radius 2 is 1.27 bits per heavy atom. The van der Waals surface area contributed by atoms with Gasteiger partial charge in [0.1, 0.15) is 0 Å². The number of aromatic carboxylic acids is 1. The fourth-order valence-electron chi connectivity index (χ4n) is 4.83. The number of fused-ring (bicyclic) bond motifs is 1. The second-order valence-electron chi connectivity index (χ2n) is 9.84. The van der Waals surface area contributed by atoms with E-state index >= 15 is 0 Å². The summed E-state index contributed by atoms with van der Waals surface area (Å²) in [4.78, 5) is 11.3. The number of carbonyl (C=O) groups is 1. The molecule has 3 aromatic rings. The Balaban J connectivity index is 1.87. The predicted octanol–water partition coefficient (Wildman–Crippen LogP) is 6.91. The SMILES string of the molecule is CC1(C)CCC(C)(C)c2cc(C(c3ccccc3)c3ccc(C(=O)O)cc3)ccc21. The molecule has 0 aliphatic heterocycles. The molecule has 1 atom stereocenters. The number of benzene rings is 3. The highest BCUT2D eigenvalue weighted by atomic mass is 16.4. The fourth-order valence-corrected chi connectivity index (χ4v) is 4.83. The molecule has 154 valence electrons. The van der Waals surface area contributed by atoms with E-state index in [2.05, 4.69) is 70.2 Å². The molecule has 1 unspecified atom stereocenters. The normalized spacial score (nSPS) is 17.7. The third-order valence-corrected chi connectivity index (χ3v) is 6.83. The molecular weight excluding hydrogens is 368 g/mol. The first-order chi connectivity index (χ1) is 14.2. The second kappa shape index (κ2) is 7.43. The minimum Gasteiger partial charge on any atom is -0.478 e. The van der Waals surface area contributed by atoms with Gasteiger partial charge in [0.05, 0.1) is 5.56 Å². The molecule has 0 saturated heterocycles. The molecular formula is C28H30O2. The van der Waals surface area contributed by atoms with Crippen molar-refractivity contribution in [1.82, 2.24) is 0 Å². The van der Waals surface area contributed by atoms with Crippen molar-refractivity contribution in [2.75, 3.05) is 0 Å². The molecule has 30 heavy (non-hydrogen) atoms. The molecule has 1 aliphatic rings. The van der Waals surface area contributed by atoms with Gasteiger partial charge in [-0.05, 0) is 63.6 Å². The van der Waals surface area contributed by atoms with Gasteiger partial charge in [0.15, 0.2) is 0 Å². The summed E-state index contributed by atoms with van der Waals surface area (Å²) >= 11 is 0. The van der Waals surface area contributed by atoms with Crippen molar-refractivity contribution in [1.29, 1.82) is 0 Å². The molecule has 0 spiro atoms. The third kappa shape index (κ3) is 3.67. The van der Waals surface area contributed by atoms with Gasteiger partial charge in [0.2, 0.25) is 0 Å². The van der Waals surface area contributed by atoms with Gasteiger partial charge < -0.3 is 5.11 Å². The van der Waals surface area contributed by atoms with E-state index in [1.165, 1.54) is 35.1 Å². The Hall–Kier alpha value is -2.87. The van der Waals surface area contributed by atoms with Crippen LogP contribution in [-0.4, -0.2) is 11.1 Å². The van der Waals surface area contributed by atoms with Crippen molar-refractivity contribution in [3.05, 3.63) is 106 Å². The largest absolute Gasteiger partial charge is 0.478 e. The van der Waals surface area contributed by atoms with Crippen LogP contribution in [0.25, 0.3) is 0 Å². The fraction of sp³-hybridized carbons (Fsp3) is 0.321. The third-order valence-electron chi connectivity index (χ3n) is 6.83. The topological polar surface area (TPSA) is 37.3 Å². The zero-order valence-electron chi connectivity index (χ0n) is 18.3. The molecule has 0 radical (unpaired) electrons. The van der Waals surface area contributed by atoms with Crippen molar-refractivity contribution in [2.24, 2.45) is 0 Å². The molecule has 1 N–H and O–H groups in total. The molecule has 2 heteroatoms. The van der Waals surface area contributed by atoms with Crippen LogP contribution >= 0.6 is 0 Å². The van der Waals surface area contributed by atoms with Crippen LogP contribution in [0.1, 0.15) is 84.6 Å². The van der Waals surface area contributed by atoms with Crippen LogP contribution in [0.3, 0.4) is 0 Å². The lowest BCUT2D eigenvalue weighted by atomic mass is 9.62. The molecule has 4 rings (SSSR count). The van der Waals surface area contributed by atoms with E-state index in [4.69, 9.17) is 0 Å². The van der Waals surface area contributed by atoms with Crippen LogP contribution in [0.2, 0.25) is 0 Å². The molecule has 0 amide bonds. The summed E-state index contributed by atoms with van der Waals surface area (Å²) in [7, 11) is 0. The predicted molar refractivity (Wildman–Crippen MR) is 123 cm³/mol. The first kappa shape index (κ1) is 20.4. The molecule has 0 aromatic heterocycles. The van der Waals surface area contributed by atoms with E-state index < -0.39 is 5.97 Å². The average Bonchev–Trinajstić information content (AvgIpc) is 2.73. The Morgan fingerprint density at radius 3 is 1.87 bits per heavy atom. The van der Waals surface area contributed by atoms with E-state index in [-0.39, 0.29) is 16.7 Å². The number of rotatable bonds is 4. The zero-order chi connectivity index (χ0) is 21.5. The van der Waals surface area contributed by atoms with Gasteiger partial charge in [-0.1, -0.05) is 88.4 Å². The lowest BCUT2D eigenvalue weighted by Gasteiger charge is -2.42. The Kier molecular flexibility index (Phi) is 5.05. The Labute approximate surface area is 179 Å². The smallest absolute Gasteiger partial charge is 0.335 e. The first-order valence-corrected chi connectivity index (χ1v) is 10.7. The van der Waals surface area contributed by atoms with Crippen molar-refractivity contribution < 1.29 is 9.90 Å². The maximum absolute atomic E-state index is 11.3. The maximum atomic E-state index is 11.3. The van der Waals surface area contributed by atoms with Gasteiger partial charge in [0.25, 0.3) is 0 Å². The Morgan fingerprint density at radius 1 is 0.733 bits per heavy atom. The minimum absolute atomic E-state index is 0.0696. The lowest BCUT2D eigenvalue weighted by molar-refractivity contribution is 0.0697. The summed E-state index contributed by atoms with van der Waals surface area (Å²) in [6.07, 6.45) is 2.38. The summed E-state index contributed by atoms with van der Waals surface area (Å²) in [5.41, 5.74) is 7.14. The first-order valence-electron chi connectivity index (χ1n) is 10.7. The molecule has 2 nitrogen and oxygen atoms in total. The van der Waals surface area contributed by atoms with Crippen LogP contribution < -0.4 is 0 Å². The van der Waals surface area contributed by atoms with E-state index in [0.717, 1.165) is 5.56 Å². The summed E-state index contributed by atoms with van der Waals surface area (Å²) in [6, 6.07) is 24.8. The van der Waals surface area contributed by atoms with E-state index in [1.54, 1.807) is 12.1 Å². The van der Waals surface area contributed by atoms with Crippen molar-refractivity contribution in [3.8, 4) is 0 Å². The van der Waals surface area contributed by atoms with Gasteiger partial charge in [-0.2, -0.15) is 0 Å². The highest BCUT2D eigenvalue weighted by molar-refractivity contribution is 5.87. The van der Waals surface area contributed by atoms with E-state index in [0.29, 0.717) is 5.56 Å². The van der Waals surface area contributed by atoms with Crippen LogP contribution in [-0.2, 0) is 10.8 Å². The quantitative estimate of drug-likeness (QED) is 0.485. The number of hydrogen-bond acceptors (Lipinski definition) is 1. The highest BCUT2D eigenvalue weighted by Gasteiger charge is 2.37. The minimum atomic E-state index is -0.893. The van der Waals surface area contributed by atoms with Crippen LogP contribution in [0.15, 0.2) is 72.8 Å². The van der Waals surface area contributed by atoms with Crippen molar-refractivity contribution in [2.45, 2.75) is 57.3 Å².